The summed E-state index contributed by atoms with van der Waals surface area (Å²) in [6, 6.07) is 11.2. The Morgan fingerprint density at radius 1 is 1.28 bits per heavy atom. The molecule has 0 aliphatic heterocycles. The molecule has 25 heavy (non-hydrogen) atoms. The number of allylic oxidation sites excluding steroid dienone is 1. The monoisotopic (exact) mass is 342 g/mol. The van der Waals surface area contributed by atoms with Crippen LogP contribution in [-0.2, 0) is 11.2 Å². The van der Waals surface area contributed by atoms with Crippen LogP contribution in [0.25, 0.3) is 0 Å². The van der Waals surface area contributed by atoms with Crippen molar-refractivity contribution >= 4 is 17.3 Å². The number of benzene rings is 2. The highest BCUT2D eigenvalue weighted by Gasteiger charge is 2.13. The number of hydrogen-bond donors (Lipinski definition) is 1. The lowest BCUT2D eigenvalue weighted by atomic mass is 10.1. The molecule has 0 atom stereocenters. The minimum atomic E-state index is -0.481. The highest BCUT2D eigenvalue weighted by atomic mass is 16.6. The Labute approximate surface area is 145 Å². The quantitative estimate of drug-likeness (QED) is 0.451. The first kappa shape index (κ1) is 18.0. The predicted molar refractivity (Wildman–Crippen MR) is 94.1 cm³/mol. The predicted octanol–water partition coefficient (Wildman–Crippen LogP) is 3.35. The molecule has 130 valence electrons. The number of non-ortho nitro benzene ring substituents is 1. The van der Waals surface area contributed by atoms with Crippen LogP contribution in [0.3, 0.4) is 0 Å². The number of anilines is 1. The molecule has 7 heteroatoms. The molecule has 2 aromatic carbocycles. The van der Waals surface area contributed by atoms with Crippen molar-refractivity contribution in [1.29, 1.82) is 0 Å². The van der Waals surface area contributed by atoms with Crippen LogP contribution >= 0.6 is 0 Å². The summed E-state index contributed by atoms with van der Waals surface area (Å²) in [5.74, 6) is 0.576. The third-order valence-corrected chi connectivity index (χ3v) is 3.36. The van der Waals surface area contributed by atoms with Crippen molar-refractivity contribution in [3.63, 3.8) is 0 Å². The lowest BCUT2D eigenvalue weighted by Crippen LogP contribution is -2.20. The number of amides is 1. The topological polar surface area (TPSA) is 90.7 Å². The average Bonchev–Trinajstić information content (AvgIpc) is 2.61. The molecule has 0 radical (unpaired) electrons. The molecule has 0 spiro atoms. The summed E-state index contributed by atoms with van der Waals surface area (Å²) < 4.78 is 10.7. The van der Waals surface area contributed by atoms with E-state index in [1.54, 1.807) is 30.3 Å². The van der Waals surface area contributed by atoms with Crippen LogP contribution in [0.5, 0.6) is 11.5 Å². The Bertz CT molecular complexity index is 789. The first-order chi connectivity index (χ1) is 12.0. The van der Waals surface area contributed by atoms with Gasteiger partial charge in [-0.1, -0.05) is 18.2 Å². The molecule has 0 saturated carbocycles. The van der Waals surface area contributed by atoms with E-state index >= 15 is 0 Å². The van der Waals surface area contributed by atoms with Gasteiger partial charge in [-0.25, -0.2) is 0 Å². The standard InChI is InChI=1S/C18H18N2O5/c1-3-6-13-11-14(20(22)23)9-10-16(13)25-12-18(21)19-15-7-4-5-8-17(15)24-2/h3-5,7-11H,1,6,12H2,2H3,(H,19,21). The number of nitrogens with one attached hydrogen (secondary N) is 1. The second-order valence-corrected chi connectivity index (χ2v) is 5.08. The molecule has 0 saturated heterocycles. The van der Waals surface area contributed by atoms with E-state index in [2.05, 4.69) is 11.9 Å². The van der Waals surface area contributed by atoms with E-state index in [0.717, 1.165) is 0 Å². The molecule has 0 bridgehead atoms. The summed E-state index contributed by atoms with van der Waals surface area (Å²) in [4.78, 5) is 22.5. The molecule has 0 aliphatic carbocycles. The van der Waals surface area contributed by atoms with Crippen LogP contribution < -0.4 is 14.8 Å². The van der Waals surface area contributed by atoms with Gasteiger partial charge in [0.05, 0.1) is 17.7 Å². The van der Waals surface area contributed by atoms with Crippen LogP contribution in [0.15, 0.2) is 55.1 Å². The van der Waals surface area contributed by atoms with Gasteiger partial charge >= 0.3 is 0 Å². The molecule has 0 aliphatic rings. The van der Waals surface area contributed by atoms with Gasteiger partial charge in [0.25, 0.3) is 11.6 Å². The van der Waals surface area contributed by atoms with Crippen molar-refractivity contribution in [2.24, 2.45) is 0 Å². The van der Waals surface area contributed by atoms with Crippen molar-refractivity contribution in [3.05, 3.63) is 70.8 Å². The van der Waals surface area contributed by atoms with Crippen molar-refractivity contribution in [2.45, 2.75) is 6.42 Å². The van der Waals surface area contributed by atoms with Crippen LogP contribution in [0.2, 0.25) is 0 Å². The molecule has 2 aromatic rings. The van der Waals surface area contributed by atoms with E-state index in [-0.39, 0.29) is 18.2 Å². The summed E-state index contributed by atoms with van der Waals surface area (Å²) in [7, 11) is 1.51. The average molecular weight is 342 g/mol. The van der Waals surface area contributed by atoms with E-state index < -0.39 is 4.92 Å². The fraction of sp³-hybridized carbons (Fsp3) is 0.167. The van der Waals surface area contributed by atoms with E-state index in [4.69, 9.17) is 9.47 Å². The summed E-state index contributed by atoms with van der Waals surface area (Å²) >= 11 is 0. The van der Waals surface area contributed by atoms with Gasteiger partial charge in [0, 0.05) is 17.7 Å². The first-order valence-electron chi connectivity index (χ1n) is 7.49. The first-order valence-corrected chi connectivity index (χ1v) is 7.49. The summed E-state index contributed by atoms with van der Waals surface area (Å²) in [5, 5.41) is 13.6. The Kier molecular flexibility index (Phi) is 6.11. The number of rotatable bonds is 8. The summed E-state index contributed by atoms with van der Waals surface area (Å²) in [6.45, 7) is 3.39. The van der Waals surface area contributed by atoms with E-state index in [1.165, 1.54) is 25.3 Å². The molecule has 0 fully saturated rings. The number of para-hydroxylation sites is 2. The number of hydrogen-bond acceptors (Lipinski definition) is 5. The van der Waals surface area contributed by atoms with Crippen LogP contribution in [0.4, 0.5) is 11.4 Å². The molecule has 0 aromatic heterocycles. The second kappa shape index (κ2) is 8.49. The number of methoxy groups -OCH3 is 1. The summed E-state index contributed by atoms with van der Waals surface area (Å²) in [6.07, 6.45) is 2.01. The minimum Gasteiger partial charge on any atom is -0.495 e. The molecule has 2 rings (SSSR count). The van der Waals surface area contributed by atoms with Gasteiger partial charge in [-0.05, 0) is 24.6 Å². The third kappa shape index (κ3) is 4.81. The smallest absolute Gasteiger partial charge is 0.269 e. The minimum absolute atomic E-state index is 0.0392. The normalized spacial score (nSPS) is 9.96. The number of nitro benzene ring substituents is 1. The Balaban J connectivity index is 2.06. The van der Waals surface area contributed by atoms with Crippen LogP contribution in [-0.4, -0.2) is 24.5 Å². The molecular weight excluding hydrogens is 324 g/mol. The number of carbonyl (C=O) groups excluding carboxylic acids is 1. The molecular formula is C18H18N2O5. The number of ether oxygens (including phenoxy) is 2. The van der Waals surface area contributed by atoms with E-state index in [0.29, 0.717) is 29.2 Å². The fourth-order valence-electron chi connectivity index (χ4n) is 2.21. The lowest BCUT2D eigenvalue weighted by molar-refractivity contribution is -0.384. The Hall–Kier alpha value is -3.35. The van der Waals surface area contributed by atoms with Crippen molar-refractivity contribution in [2.75, 3.05) is 19.0 Å². The molecule has 1 amide bonds. The number of nitrogens with zero attached hydrogens (tertiary/aromatic N) is 1. The third-order valence-electron chi connectivity index (χ3n) is 3.36. The maximum absolute atomic E-state index is 12.1. The summed E-state index contributed by atoms with van der Waals surface area (Å²) in [5.41, 5.74) is 1.09. The zero-order chi connectivity index (χ0) is 18.2. The van der Waals surface area contributed by atoms with Gasteiger partial charge in [0.1, 0.15) is 11.5 Å². The van der Waals surface area contributed by atoms with Gasteiger partial charge < -0.3 is 14.8 Å². The van der Waals surface area contributed by atoms with Gasteiger partial charge in [0.15, 0.2) is 6.61 Å². The molecule has 1 N–H and O–H groups in total. The number of nitro groups is 1. The van der Waals surface area contributed by atoms with E-state index in [1.807, 2.05) is 0 Å². The highest BCUT2D eigenvalue weighted by molar-refractivity contribution is 5.93. The van der Waals surface area contributed by atoms with Crippen LogP contribution in [0, 0.1) is 10.1 Å². The van der Waals surface area contributed by atoms with Gasteiger partial charge in [0.2, 0.25) is 0 Å². The second-order valence-electron chi connectivity index (χ2n) is 5.08. The van der Waals surface area contributed by atoms with Crippen molar-refractivity contribution in [3.8, 4) is 11.5 Å². The largest absolute Gasteiger partial charge is 0.495 e. The van der Waals surface area contributed by atoms with Crippen molar-refractivity contribution < 1.29 is 19.2 Å². The van der Waals surface area contributed by atoms with Crippen LogP contribution in [0.1, 0.15) is 5.56 Å². The fourth-order valence-corrected chi connectivity index (χ4v) is 2.21. The Morgan fingerprint density at radius 3 is 2.72 bits per heavy atom. The van der Waals surface area contributed by atoms with Gasteiger partial charge in [-0.3, -0.25) is 14.9 Å². The lowest BCUT2D eigenvalue weighted by Gasteiger charge is -2.12. The Morgan fingerprint density at radius 2 is 2.04 bits per heavy atom. The van der Waals surface area contributed by atoms with Gasteiger partial charge in [-0.15, -0.1) is 6.58 Å². The molecule has 0 heterocycles. The maximum atomic E-state index is 12.1. The SMILES string of the molecule is C=CCc1cc([N+](=O)[O-])ccc1OCC(=O)Nc1ccccc1OC. The highest BCUT2D eigenvalue weighted by Crippen LogP contribution is 2.26. The number of carbonyl (C=O) groups is 1. The molecule has 7 nitrogen and oxygen atoms in total. The zero-order valence-electron chi connectivity index (χ0n) is 13.7. The van der Waals surface area contributed by atoms with Crippen molar-refractivity contribution in [1.82, 2.24) is 0 Å². The molecule has 0 unspecified atom stereocenters. The van der Waals surface area contributed by atoms with E-state index in [9.17, 15) is 14.9 Å². The maximum Gasteiger partial charge on any atom is 0.269 e. The van der Waals surface area contributed by atoms with Gasteiger partial charge in [-0.2, -0.15) is 0 Å². The zero-order valence-corrected chi connectivity index (χ0v) is 13.7.